The van der Waals surface area contributed by atoms with Crippen molar-refractivity contribution < 1.29 is 9.53 Å². The molecule has 0 bridgehead atoms. The van der Waals surface area contributed by atoms with E-state index in [9.17, 15) is 4.79 Å². The first kappa shape index (κ1) is 10.8. The maximum Gasteiger partial charge on any atom is 0.228 e. The highest BCUT2D eigenvalue weighted by Crippen LogP contribution is 2.32. The highest BCUT2D eigenvalue weighted by atomic mass is 16.5. The van der Waals surface area contributed by atoms with Gasteiger partial charge in [-0.3, -0.25) is 4.79 Å². The summed E-state index contributed by atoms with van der Waals surface area (Å²) in [4.78, 5) is 13.5. The molecule has 1 aliphatic rings. The molecule has 1 heterocycles. The quantitative estimate of drug-likeness (QED) is 0.785. The lowest BCUT2D eigenvalue weighted by Crippen LogP contribution is -2.27. The molecule has 0 aliphatic carbocycles. The number of carbonyl (C=O) groups excluding carboxylic acids is 1. The Balaban J connectivity index is 2.46. The smallest absolute Gasteiger partial charge is 0.228 e. The van der Waals surface area contributed by atoms with Gasteiger partial charge in [0.2, 0.25) is 5.91 Å². The molecule has 0 spiro atoms. The Kier molecular flexibility index (Phi) is 2.73. The summed E-state index contributed by atoms with van der Waals surface area (Å²) in [6, 6.07) is 5.82. The van der Waals surface area contributed by atoms with E-state index < -0.39 is 0 Å². The Bertz CT molecular complexity index is 417. The maximum absolute atomic E-state index is 11.8. The van der Waals surface area contributed by atoms with Crippen LogP contribution in [-0.2, 0) is 4.79 Å². The van der Waals surface area contributed by atoms with Crippen molar-refractivity contribution in [3.63, 3.8) is 0 Å². The van der Waals surface area contributed by atoms with Crippen LogP contribution in [0.3, 0.4) is 0 Å². The van der Waals surface area contributed by atoms with Crippen LogP contribution in [0.2, 0.25) is 0 Å². The molecule has 16 heavy (non-hydrogen) atoms. The minimum Gasteiger partial charge on any atom is -0.497 e. The van der Waals surface area contributed by atoms with E-state index in [0.29, 0.717) is 6.42 Å². The van der Waals surface area contributed by atoms with Gasteiger partial charge < -0.3 is 15.0 Å². The number of ether oxygens (including phenoxy) is 1. The van der Waals surface area contributed by atoms with E-state index in [1.54, 1.807) is 19.1 Å². The number of anilines is 2. The number of methoxy groups -OCH3 is 1. The molecule has 1 amide bonds. The fourth-order valence-electron chi connectivity index (χ4n) is 1.90. The number of carbonyl (C=O) groups is 1. The monoisotopic (exact) mass is 220 g/mol. The molecular formula is C12H16N2O2. The molecule has 4 nitrogen and oxygen atoms in total. The summed E-state index contributed by atoms with van der Waals surface area (Å²) in [5, 5.41) is 3.32. The summed E-state index contributed by atoms with van der Waals surface area (Å²) in [7, 11) is 3.43. The fourth-order valence-corrected chi connectivity index (χ4v) is 1.90. The van der Waals surface area contributed by atoms with Crippen LogP contribution in [0.5, 0.6) is 5.75 Å². The largest absolute Gasteiger partial charge is 0.497 e. The standard InChI is InChI=1S/C12H16N2O2/c1-8-6-12(15)14(2)11-5-4-9(16-3)7-10(11)13-8/h4-5,7-8,13H,6H2,1-3H3. The zero-order valence-electron chi connectivity index (χ0n) is 9.78. The zero-order valence-corrected chi connectivity index (χ0v) is 9.78. The Morgan fingerprint density at radius 3 is 2.94 bits per heavy atom. The van der Waals surface area contributed by atoms with E-state index in [2.05, 4.69) is 5.32 Å². The molecule has 0 aromatic heterocycles. The summed E-state index contributed by atoms with van der Waals surface area (Å²) < 4.78 is 5.17. The lowest BCUT2D eigenvalue weighted by molar-refractivity contribution is -0.118. The first-order valence-corrected chi connectivity index (χ1v) is 5.33. The summed E-state index contributed by atoms with van der Waals surface area (Å²) in [5.41, 5.74) is 1.84. The molecule has 2 rings (SSSR count). The van der Waals surface area contributed by atoms with Crippen LogP contribution in [0, 0.1) is 0 Å². The first-order valence-electron chi connectivity index (χ1n) is 5.33. The van der Waals surface area contributed by atoms with Gasteiger partial charge in [0.1, 0.15) is 5.75 Å². The lowest BCUT2D eigenvalue weighted by atomic mass is 10.2. The Morgan fingerprint density at radius 1 is 1.50 bits per heavy atom. The molecule has 1 unspecified atom stereocenters. The van der Waals surface area contributed by atoms with Crippen LogP contribution in [0.4, 0.5) is 11.4 Å². The summed E-state index contributed by atoms with van der Waals surface area (Å²) in [6.07, 6.45) is 0.507. The average Bonchev–Trinajstić information content (AvgIpc) is 2.36. The van der Waals surface area contributed by atoms with Gasteiger partial charge in [0.05, 0.1) is 18.5 Å². The van der Waals surface area contributed by atoms with E-state index in [-0.39, 0.29) is 11.9 Å². The van der Waals surface area contributed by atoms with E-state index in [1.807, 2.05) is 25.1 Å². The predicted molar refractivity (Wildman–Crippen MR) is 64.1 cm³/mol. The number of fused-ring (bicyclic) bond motifs is 1. The number of amides is 1. The second-order valence-electron chi connectivity index (χ2n) is 4.09. The van der Waals surface area contributed by atoms with Crippen molar-refractivity contribution in [2.75, 3.05) is 24.4 Å². The van der Waals surface area contributed by atoms with E-state index in [4.69, 9.17) is 4.74 Å². The number of benzene rings is 1. The zero-order chi connectivity index (χ0) is 11.7. The summed E-state index contributed by atoms with van der Waals surface area (Å²) in [5.74, 6) is 0.921. The van der Waals surface area contributed by atoms with E-state index in [1.165, 1.54) is 0 Å². The van der Waals surface area contributed by atoms with Crippen LogP contribution in [-0.4, -0.2) is 26.1 Å². The summed E-state index contributed by atoms with van der Waals surface area (Å²) in [6.45, 7) is 2.00. The van der Waals surface area contributed by atoms with Gasteiger partial charge in [-0.2, -0.15) is 0 Å². The van der Waals surface area contributed by atoms with E-state index >= 15 is 0 Å². The minimum atomic E-state index is 0.129. The maximum atomic E-state index is 11.8. The molecule has 86 valence electrons. The van der Waals surface area contributed by atoms with Crippen molar-refractivity contribution in [2.45, 2.75) is 19.4 Å². The van der Waals surface area contributed by atoms with Crippen molar-refractivity contribution >= 4 is 17.3 Å². The van der Waals surface area contributed by atoms with Gasteiger partial charge in [0.25, 0.3) is 0 Å². The van der Waals surface area contributed by atoms with Crippen LogP contribution in [0.15, 0.2) is 18.2 Å². The van der Waals surface area contributed by atoms with Crippen LogP contribution in [0.25, 0.3) is 0 Å². The highest BCUT2D eigenvalue weighted by Gasteiger charge is 2.22. The molecule has 0 saturated carbocycles. The van der Waals surface area contributed by atoms with E-state index in [0.717, 1.165) is 17.1 Å². The molecule has 0 fully saturated rings. The summed E-state index contributed by atoms with van der Waals surface area (Å²) >= 11 is 0. The van der Waals surface area contributed by atoms with Crippen molar-refractivity contribution in [3.05, 3.63) is 18.2 Å². The molecule has 1 aromatic carbocycles. The highest BCUT2D eigenvalue weighted by molar-refractivity contribution is 5.98. The number of hydrogen-bond acceptors (Lipinski definition) is 3. The molecular weight excluding hydrogens is 204 g/mol. The van der Waals surface area contributed by atoms with Gasteiger partial charge in [-0.25, -0.2) is 0 Å². The average molecular weight is 220 g/mol. The fraction of sp³-hybridized carbons (Fsp3) is 0.417. The number of hydrogen-bond donors (Lipinski definition) is 1. The Hall–Kier alpha value is -1.71. The molecule has 0 saturated heterocycles. The molecule has 1 aliphatic heterocycles. The van der Waals surface area contributed by atoms with Gasteiger partial charge in [0.15, 0.2) is 0 Å². The van der Waals surface area contributed by atoms with Crippen molar-refractivity contribution in [1.29, 1.82) is 0 Å². The third-order valence-corrected chi connectivity index (χ3v) is 2.82. The molecule has 1 N–H and O–H groups in total. The molecule has 0 radical (unpaired) electrons. The van der Waals surface area contributed by atoms with Gasteiger partial charge in [0, 0.05) is 25.6 Å². The van der Waals surface area contributed by atoms with Crippen molar-refractivity contribution in [1.82, 2.24) is 0 Å². The number of nitrogens with zero attached hydrogens (tertiary/aromatic N) is 1. The minimum absolute atomic E-state index is 0.129. The molecule has 4 heteroatoms. The predicted octanol–water partition coefficient (Wildman–Crippen LogP) is 1.86. The van der Waals surface area contributed by atoms with Crippen molar-refractivity contribution in [3.8, 4) is 5.75 Å². The van der Waals surface area contributed by atoms with Crippen LogP contribution < -0.4 is 15.0 Å². The Labute approximate surface area is 95.2 Å². The second-order valence-corrected chi connectivity index (χ2v) is 4.09. The first-order chi connectivity index (χ1) is 7.61. The van der Waals surface area contributed by atoms with Crippen molar-refractivity contribution in [2.24, 2.45) is 0 Å². The SMILES string of the molecule is COc1ccc2c(c1)NC(C)CC(=O)N2C. The van der Waals surface area contributed by atoms with Gasteiger partial charge in [-0.1, -0.05) is 0 Å². The molecule has 1 atom stereocenters. The topological polar surface area (TPSA) is 41.6 Å². The van der Waals surface area contributed by atoms with Crippen LogP contribution in [0.1, 0.15) is 13.3 Å². The van der Waals surface area contributed by atoms with Crippen LogP contribution >= 0.6 is 0 Å². The van der Waals surface area contributed by atoms with Gasteiger partial charge >= 0.3 is 0 Å². The molecule has 1 aromatic rings. The number of rotatable bonds is 1. The third-order valence-electron chi connectivity index (χ3n) is 2.82. The van der Waals surface area contributed by atoms with Gasteiger partial charge in [-0.15, -0.1) is 0 Å². The third kappa shape index (κ3) is 1.83. The Morgan fingerprint density at radius 2 is 2.25 bits per heavy atom. The normalized spacial score (nSPS) is 19.8. The number of nitrogens with one attached hydrogen (secondary N) is 1. The second kappa shape index (κ2) is 4.04. The van der Waals surface area contributed by atoms with Gasteiger partial charge in [-0.05, 0) is 19.1 Å². The lowest BCUT2D eigenvalue weighted by Gasteiger charge is -2.17.